The predicted molar refractivity (Wildman–Crippen MR) is 86.6 cm³/mol. The molecule has 0 aliphatic rings. The van der Waals surface area contributed by atoms with Crippen molar-refractivity contribution in [3.05, 3.63) is 36.3 Å². The first-order valence-corrected chi connectivity index (χ1v) is 7.06. The van der Waals surface area contributed by atoms with Gasteiger partial charge in [0, 0.05) is 24.0 Å². The summed E-state index contributed by atoms with van der Waals surface area (Å²) in [6, 6.07) is 5.20. The molecule has 1 aromatic heterocycles. The van der Waals surface area contributed by atoms with E-state index in [-0.39, 0.29) is 23.0 Å². The number of pyridine rings is 1. The van der Waals surface area contributed by atoms with Gasteiger partial charge >= 0.3 is 6.09 Å². The van der Waals surface area contributed by atoms with Crippen molar-refractivity contribution in [2.75, 3.05) is 11.1 Å². The van der Waals surface area contributed by atoms with Crippen LogP contribution in [0.5, 0.6) is 17.2 Å². The number of aromatic nitrogens is 1. The van der Waals surface area contributed by atoms with E-state index in [0.29, 0.717) is 0 Å². The first kappa shape index (κ1) is 17.3. The lowest BCUT2D eigenvalue weighted by Gasteiger charge is -2.19. The molecule has 0 fully saturated rings. The largest absolute Gasteiger partial charge is 0.502 e. The van der Waals surface area contributed by atoms with Gasteiger partial charge in [-0.3, -0.25) is 5.32 Å². The molecule has 24 heavy (non-hydrogen) atoms. The third-order valence-corrected chi connectivity index (χ3v) is 2.68. The molecule has 2 aromatic rings. The molecule has 0 unspecified atom stereocenters. The quantitative estimate of drug-likeness (QED) is 0.739. The molecule has 4 N–H and O–H groups in total. The van der Waals surface area contributed by atoms with Gasteiger partial charge in [0.25, 0.3) is 0 Å². The van der Waals surface area contributed by atoms with Crippen molar-refractivity contribution >= 4 is 17.6 Å². The Kier molecular flexibility index (Phi) is 4.77. The number of ether oxygens (including phenoxy) is 2. The van der Waals surface area contributed by atoms with E-state index < -0.39 is 23.3 Å². The van der Waals surface area contributed by atoms with Gasteiger partial charge in [-0.1, -0.05) is 0 Å². The van der Waals surface area contributed by atoms with E-state index in [2.05, 4.69) is 10.3 Å². The number of aromatic hydroxyl groups is 1. The molecule has 0 saturated carbocycles. The van der Waals surface area contributed by atoms with Gasteiger partial charge in [0.2, 0.25) is 5.75 Å². The summed E-state index contributed by atoms with van der Waals surface area (Å²) in [5.74, 6) is -1.53. The number of hydrogen-bond acceptors (Lipinski definition) is 6. The summed E-state index contributed by atoms with van der Waals surface area (Å²) in [5, 5.41) is 12.4. The molecule has 1 amide bonds. The van der Waals surface area contributed by atoms with Gasteiger partial charge in [-0.25, -0.2) is 14.2 Å². The minimum Gasteiger partial charge on any atom is -0.502 e. The molecule has 8 heteroatoms. The third-order valence-electron chi connectivity index (χ3n) is 2.68. The van der Waals surface area contributed by atoms with Crippen molar-refractivity contribution in [3.63, 3.8) is 0 Å². The van der Waals surface area contributed by atoms with E-state index in [4.69, 9.17) is 15.2 Å². The van der Waals surface area contributed by atoms with Crippen LogP contribution >= 0.6 is 0 Å². The van der Waals surface area contributed by atoms with Crippen LogP contribution in [-0.2, 0) is 4.74 Å². The average Bonchev–Trinajstić information content (AvgIpc) is 2.44. The van der Waals surface area contributed by atoms with Crippen LogP contribution in [0, 0.1) is 5.82 Å². The maximum absolute atomic E-state index is 13.8. The van der Waals surface area contributed by atoms with Crippen LogP contribution in [-0.4, -0.2) is 21.8 Å². The summed E-state index contributed by atoms with van der Waals surface area (Å²) in [5.41, 5.74) is 5.00. The van der Waals surface area contributed by atoms with Crippen molar-refractivity contribution in [1.82, 2.24) is 4.98 Å². The number of nitrogens with two attached hydrogens (primary N) is 1. The highest BCUT2D eigenvalue weighted by Crippen LogP contribution is 2.36. The normalized spacial score (nSPS) is 11.0. The van der Waals surface area contributed by atoms with Crippen LogP contribution in [0.4, 0.5) is 20.7 Å². The van der Waals surface area contributed by atoms with Crippen molar-refractivity contribution in [2.24, 2.45) is 0 Å². The van der Waals surface area contributed by atoms with E-state index in [1.54, 1.807) is 20.8 Å². The van der Waals surface area contributed by atoms with Gasteiger partial charge in [0.05, 0.1) is 0 Å². The number of nitrogens with zero attached hydrogens (tertiary/aromatic N) is 1. The molecule has 128 valence electrons. The zero-order chi connectivity index (χ0) is 17.9. The second kappa shape index (κ2) is 6.61. The van der Waals surface area contributed by atoms with Crippen molar-refractivity contribution in [1.29, 1.82) is 0 Å². The fourth-order valence-electron chi connectivity index (χ4n) is 1.73. The standard InChI is InChI=1S/C16H18FN3O4/c1-16(2,3)24-15(22)20-14-13(21)12(6-7-19-14)23-11-5-4-9(18)8-10(11)17/h4-8,21H,18H2,1-3H3,(H,19,20,22). The number of benzene rings is 1. The Morgan fingerprint density at radius 3 is 2.62 bits per heavy atom. The van der Waals surface area contributed by atoms with E-state index in [1.807, 2.05) is 0 Å². The monoisotopic (exact) mass is 335 g/mol. The topological polar surface area (TPSA) is 107 Å². The van der Waals surface area contributed by atoms with Crippen LogP contribution in [0.2, 0.25) is 0 Å². The maximum atomic E-state index is 13.8. The Hall–Kier alpha value is -3.03. The minimum atomic E-state index is -0.791. The van der Waals surface area contributed by atoms with E-state index in [1.165, 1.54) is 24.4 Å². The molecule has 0 aliphatic heterocycles. The average molecular weight is 335 g/mol. The summed E-state index contributed by atoms with van der Waals surface area (Å²) < 4.78 is 24.1. The fourth-order valence-corrected chi connectivity index (χ4v) is 1.73. The molecule has 0 spiro atoms. The number of carbonyl (C=O) groups is 1. The molecule has 7 nitrogen and oxygen atoms in total. The molecule has 0 aliphatic carbocycles. The lowest BCUT2D eigenvalue weighted by atomic mass is 10.2. The van der Waals surface area contributed by atoms with Gasteiger partial charge in [0.15, 0.2) is 23.1 Å². The van der Waals surface area contributed by atoms with E-state index >= 15 is 0 Å². The highest BCUT2D eigenvalue weighted by atomic mass is 19.1. The first-order chi connectivity index (χ1) is 11.2. The molecule has 2 rings (SSSR count). The molecular weight excluding hydrogens is 317 g/mol. The molecule has 0 saturated heterocycles. The summed E-state index contributed by atoms with van der Waals surface area (Å²) in [6.45, 7) is 5.09. The number of amides is 1. The number of nitrogen functional groups attached to an aromatic ring is 1. The zero-order valence-corrected chi connectivity index (χ0v) is 13.5. The molecular formula is C16H18FN3O4. The Balaban J connectivity index is 2.20. The number of nitrogens with one attached hydrogen (secondary N) is 1. The lowest BCUT2D eigenvalue weighted by Crippen LogP contribution is -2.27. The number of anilines is 2. The molecule has 1 aromatic carbocycles. The Bertz CT molecular complexity index is 759. The minimum absolute atomic E-state index is 0.0836. The fraction of sp³-hybridized carbons (Fsp3) is 0.250. The van der Waals surface area contributed by atoms with Crippen LogP contribution in [0.3, 0.4) is 0 Å². The Morgan fingerprint density at radius 2 is 2.00 bits per heavy atom. The summed E-state index contributed by atoms with van der Waals surface area (Å²) in [6.07, 6.45) is 0.498. The highest BCUT2D eigenvalue weighted by Gasteiger charge is 2.19. The second-order valence-corrected chi connectivity index (χ2v) is 5.93. The lowest BCUT2D eigenvalue weighted by molar-refractivity contribution is 0.0634. The van der Waals surface area contributed by atoms with Crippen LogP contribution < -0.4 is 15.8 Å². The van der Waals surface area contributed by atoms with Gasteiger partial charge in [-0.15, -0.1) is 0 Å². The van der Waals surface area contributed by atoms with Crippen molar-refractivity contribution in [2.45, 2.75) is 26.4 Å². The molecule has 1 heterocycles. The predicted octanol–water partition coefficient (Wildman–Crippen LogP) is 3.65. The number of carbonyl (C=O) groups excluding carboxylic acids is 1. The van der Waals surface area contributed by atoms with E-state index in [0.717, 1.165) is 6.07 Å². The van der Waals surface area contributed by atoms with E-state index in [9.17, 15) is 14.3 Å². The maximum Gasteiger partial charge on any atom is 0.413 e. The smallest absolute Gasteiger partial charge is 0.413 e. The third kappa shape index (κ3) is 4.48. The highest BCUT2D eigenvalue weighted by molar-refractivity contribution is 5.86. The molecule has 0 bridgehead atoms. The summed E-state index contributed by atoms with van der Waals surface area (Å²) >= 11 is 0. The van der Waals surface area contributed by atoms with Crippen LogP contribution in [0.15, 0.2) is 30.5 Å². The van der Waals surface area contributed by atoms with Gasteiger partial charge in [0.1, 0.15) is 5.60 Å². The van der Waals surface area contributed by atoms with Gasteiger partial charge in [-0.05, 0) is 32.9 Å². The second-order valence-electron chi connectivity index (χ2n) is 5.93. The van der Waals surface area contributed by atoms with Gasteiger partial charge < -0.3 is 20.3 Å². The number of halogens is 1. The van der Waals surface area contributed by atoms with Gasteiger partial charge in [-0.2, -0.15) is 0 Å². The van der Waals surface area contributed by atoms with Crippen LogP contribution in [0.25, 0.3) is 0 Å². The van der Waals surface area contributed by atoms with Crippen molar-refractivity contribution < 1.29 is 23.8 Å². The Labute approximate surface area is 138 Å². The van der Waals surface area contributed by atoms with Crippen molar-refractivity contribution in [3.8, 4) is 17.2 Å². The summed E-state index contributed by atoms with van der Waals surface area (Å²) in [4.78, 5) is 15.6. The zero-order valence-electron chi connectivity index (χ0n) is 13.5. The molecule has 0 atom stereocenters. The first-order valence-electron chi connectivity index (χ1n) is 7.06. The Morgan fingerprint density at radius 1 is 1.29 bits per heavy atom. The van der Waals surface area contributed by atoms with Crippen LogP contribution in [0.1, 0.15) is 20.8 Å². The SMILES string of the molecule is CC(C)(C)OC(=O)Nc1nccc(Oc2ccc(N)cc2F)c1O. The number of hydrogen-bond donors (Lipinski definition) is 3. The summed E-state index contributed by atoms with van der Waals surface area (Å²) in [7, 11) is 0. The number of rotatable bonds is 3. The molecule has 0 radical (unpaired) electrons.